The Bertz CT molecular complexity index is 438. The Hall–Kier alpha value is -1.56. The summed E-state index contributed by atoms with van der Waals surface area (Å²) in [4.78, 5) is 14.1. The summed E-state index contributed by atoms with van der Waals surface area (Å²) in [6, 6.07) is 2.18. The minimum atomic E-state index is -0.109. The Kier molecular flexibility index (Phi) is 3.56. The first-order chi connectivity index (χ1) is 8.56. The van der Waals surface area contributed by atoms with Crippen LogP contribution < -0.4 is 0 Å². The van der Waals surface area contributed by atoms with Crippen molar-refractivity contribution in [3.63, 3.8) is 0 Å². The van der Waals surface area contributed by atoms with Crippen LogP contribution in [0.3, 0.4) is 0 Å². The highest BCUT2D eigenvalue weighted by molar-refractivity contribution is 5.97. The number of amides is 1. The third-order valence-electron chi connectivity index (χ3n) is 4.04. The zero-order valence-corrected chi connectivity index (χ0v) is 11.1. The second kappa shape index (κ2) is 4.97. The summed E-state index contributed by atoms with van der Waals surface area (Å²) in [5, 5.41) is 9.21. The minimum Gasteiger partial charge on any atom is -0.332 e. The van der Waals surface area contributed by atoms with Gasteiger partial charge >= 0.3 is 0 Å². The third kappa shape index (κ3) is 2.48. The van der Waals surface area contributed by atoms with Gasteiger partial charge in [-0.1, -0.05) is 31.6 Å². The van der Waals surface area contributed by atoms with Gasteiger partial charge in [-0.15, -0.1) is 0 Å². The van der Waals surface area contributed by atoms with Crippen LogP contribution in [0.1, 0.15) is 39.5 Å². The van der Waals surface area contributed by atoms with Crippen molar-refractivity contribution in [2.24, 2.45) is 5.41 Å². The lowest BCUT2D eigenvalue weighted by molar-refractivity contribution is -0.128. The second-order valence-electron chi connectivity index (χ2n) is 5.63. The monoisotopic (exact) mass is 244 g/mol. The maximum Gasteiger partial charge on any atom is 0.264 e. The number of allylic oxidation sites excluding steroid dienone is 1. The Morgan fingerprint density at radius 3 is 2.78 bits per heavy atom. The van der Waals surface area contributed by atoms with Gasteiger partial charge in [0.25, 0.3) is 5.91 Å². The van der Waals surface area contributed by atoms with Gasteiger partial charge < -0.3 is 4.90 Å². The molecule has 3 nitrogen and oxygen atoms in total. The van der Waals surface area contributed by atoms with E-state index < -0.39 is 0 Å². The first-order valence-electron chi connectivity index (χ1n) is 6.66. The number of hydrogen-bond acceptors (Lipinski definition) is 2. The molecule has 0 aromatic carbocycles. The number of carbonyl (C=O) groups is 1. The molecule has 2 aliphatic rings. The molecule has 0 bridgehead atoms. The molecule has 0 saturated heterocycles. The van der Waals surface area contributed by atoms with Gasteiger partial charge in [-0.2, -0.15) is 5.26 Å². The van der Waals surface area contributed by atoms with Crippen LogP contribution in [-0.4, -0.2) is 23.4 Å². The molecule has 2 rings (SSSR count). The highest BCUT2D eigenvalue weighted by atomic mass is 16.2. The van der Waals surface area contributed by atoms with Gasteiger partial charge in [0.2, 0.25) is 0 Å². The molecule has 1 heterocycles. The Morgan fingerprint density at radius 2 is 2.28 bits per heavy atom. The van der Waals surface area contributed by atoms with Gasteiger partial charge in [-0.3, -0.25) is 4.79 Å². The van der Waals surface area contributed by atoms with Crippen molar-refractivity contribution >= 4 is 5.91 Å². The highest BCUT2D eigenvalue weighted by Crippen LogP contribution is 2.42. The number of carbonyl (C=O) groups excluding carboxylic acids is 1. The van der Waals surface area contributed by atoms with Crippen molar-refractivity contribution in [1.82, 2.24) is 4.90 Å². The van der Waals surface area contributed by atoms with E-state index in [0.29, 0.717) is 12.1 Å². The molecule has 1 amide bonds. The van der Waals surface area contributed by atoms with Gasteiger partial charge in [0, 0.05) is 12.6 Å². The van der Waals surface area contributed by atoms with E-state index in [1.165, 1.54) is 6.42 Å². The van der Waals surface area contributed by atoms with Crippen LogP contribution in [-0.2, 0) is 4.79 Å². The van der Waals surface area contributed by atoms with Crippen LogP contribution in [0.25, 0.3) is 0 Å². The largest absolute Gasteiger partial charge is 0.332 e. The fraction of sp³-hybridized carbons (Fsp3) is 0.600. The van der Waals surface area contributed by atoms with Gasteiger partial charge in [0.05, 0.1) is 0 Å². The second-order valence-corrected chi connectivity index (χ2v) is 5.63. The first kappa shape index (κ1) is 12.9. The normalized spacial score (nSPS) is 26.4. The summed E-state index contributed by atoms with van der Waals surface area (Å²) in [5.74, 6) is -0.109. The molecule has 0 radical (unpaired) electrons. The average molecular weight is 244 g/mol. The summed E-state index contributed by atoms with van der Waals surface area (Å²) >= 11 is 0. The number of rotatable bonds is 2. The van der Waals surface area contributed by atoms with Gasteiger partial charge in [-0.25, -0.2) is 0 Å². The van der Waals surface area contributed by atoms with Crippen LogP contribution in [0, 0.1) is 16.7 Å². The predicted octanol–water partition coefficient (Wildman–Crippen LogP) is 2.80. The first-order valence-corrected chi connectivity index (χ1v) is 6.66. The van der Waals surface area contributed by atoms with E-state index in [0.717, 1.165) is 19.3 Å². The van der Waals surface area contributed by atoms with Crippen molar-refractivity contribution in [2.75, 3.05) is 6.54 Å². The van der Waals surface area contributed by atoms with E-state index in [4.69, 9.17) is 0 Å². The maximum absolute atomic E-state index is 12.4. The molecule has 1 saturated carbocycles. The lowest BCUT2D eigenvalue weighted by atomic mass is 9.69. The molecule has 0 spiro atoms. The van der Waals surface area contributed by atoms with Crippen LogP contribution >= 0.6 is 0 Å². The molecule has 18 heavy (non-hydrogen) atoms. The molecule has 1 aliphatic heterocycles. The van der Waals surface area contributed by atoms with Crippen molar-refractivity contribution in [3.8, 4) is 6.07 Å². The van der Waals surface area contributed by atoms with Crippen LogP contribution in [0.2, 0.25) is 0 Å². The Labute approximate surface area is 109 Å². The molecule has 1 unspecified atom stereocenters. The lowest BCUT2D eigenvalue weighted by Gasteiger charge is -2.36. The van der Waals surface area contributed by atoms with Crippen LogP contribution in [0.4, 0.5) is 0 Å². The van der Waals surface area contributed by atoms with E-state index in [9.17, 15) is 10.1 Å². The SMILES string of the molecule is CC1C=CCCN1C(=O)/C(C#N)=C\C1(C)CCC1. The molecule has 1 atom stereocenters. The number of nitrogens with zero attached hydrogens (tertiary/aromatic N) is 2. The van der Waals surface area contributed by atoms with Crippen LogP contribution in [0.15, 0.2) is 23.8 Å². The highest BCUT2D eigenvalue weighted by Gasteiger charge is 2.32. The number of hydrogen-bond donors (Lipinski definition) is 0. The van der Waals surface area contributed by atoms with Crippen molar-refractivity contribution < 1.29 is 4.79 Å². The Morgan fingerprint density at radius 1 is 1.56 bits per heavy atom. The summed E-state index contributed by atoms with van der Waals surface area (Å²) in [5.41, 5.74) is 0.384. The number of nitriles is 1. The summed E-state index contributed by atoms with van der Waals surface area (Å²) < 4.78 is 0. The van der Waals surface area contributed by atoms with Crippen LogP contribution in [0.5, 0.6) is 0 Å². The topological polar surface area (TPSA) is 44.1 Å². The van der Waals surface area contributed by atoms with Crippen molar-refractivity contribution in [2.45, 2.75) is 45.6 Å². The summed E-state index contributed by atoms with van der Waals surface area (Å²) in [6.07, 6.45) is 10.3. The Balaban J connectivity index is 2.16. The van der Waals surface area contributed by atoms with E-state index >= 15 is 0 Å². The smallest absolute Gasteiger partial charge is 0.264 e. The fourth-order valence-corrected chi connectivity index (χ4v) is 2.62. The van der Waals surface area contributed by atoms with Crippen molar-refractivity contribution in [1.29, 1.82) is 5.26 Å². The lowest BCUT2D eigenvalue weighted by Crippen LogP contribution is -2.41. The van der Waals surface area contributed by atoms with Gasteiger partial charge in [0.15, 0.2) is 0 Å². The van der Waals surface area contributed by atoms with E-state index in [1.54, 1.807) is 4.90 Å². The molecule has 1 aliphatic carbocycles. The van der Waals surface area contributed by atoms with Gasteiger partial charge in [0.1, 0.15) is 11.6 Å². The third-order valence-corrected chi connectivity index (χ3v) is 4.04. The van der Waals surface area contributed by atoms with E-state index in [1.807, 2.05) is 19.1 Å². The van der Waals surface area contributed by atoms with Crippen molar-refractivity contribution in [3.05, 3.63) is 23.8 Å². The molecular formula is C15H20N2O. The zero-order chi connectivity index (χ0) is 13.2. The quantitative estimate of drug-likeness (QED) is 0.426. The standard InChI is InChI=1S/C15H20N2O/c1-12-6-3-4-9-17(12)14(18)13(11-16)10-15(2)7-5-8-15/h3,6,10,12H,4-5,7-9H2,1-2H3/b13-10-. The molecule has 1 fully saturated rings. The van der Waals surface area contributed by atoms with E-state index in [2.05, 4.69) is 19.1 Å². The predicted molar refractivity (Wildman–Crippen MR) is 70.6 cm³/mol. The molecule has 3 heteroatoms. The van der Waals surface area contributed by atoms with E-state index in [-0.39, 0.29) is 17.4 Å². The maximum atomic E-state index is 12.4. The fourth-order valence-electron chi connectivity index (χ4n) is 2.62. The summed E-state index contributed by atoms with van der Waals surface area (Å²) in [7, 11) is 0. The van der Waals surface area contributed by atoms with Gasteiger partial charge in [-0.05, 0) is 31.6 Å². The molecule has 0 aromatic rings. The summed E-state index contributed by atoms with van der Waals surface area (Å²) in [6.45, 7) is 4.83. The average Bonchev–Trinajstić information content (AvgIpc) is 2.33. The zero-order valence-electron chi connectivity index (χ0n) is 11.1. The molecular weight excluding hydrogens is 224 g/mol. The molecule has 0 N–H and O–H groups in total. The molecule has 0 aromatic heterocycles. The minimum absolute atomic E-state index is 0.0651. The molecule has 96 valence electrons.